The van der Waals surface area contributed by atoms with Gasteiger partial charge in [-0.15, -0.1) is 0 Å². The average Bonchev–Trinajstić information content (AvgIpc) is 2.47. The summed E-state index contributed by atoms with van der Waals surface area (Å²) >= 11 is 0. The summed E-state index contributed by atoms with van der Waals surface area (Å²) in [5.74, 6) is -0.963. The van der Waals surface area contributed by atoms with Crippen LogP contribution in [-0.2, 0) is 9.53 Å². The molecule has 0 spiro atoms. The second-order valence-corrected chi connectivity index (χ2v) is 4.74. The standard InChI is InChI=1S/C14H18N2O4/c1-2-20-14(19)10-4-3-7-16(9-10)13(18)11-5-6-15-8-12(11)17/h5-6,8,10,17H,2-4,7,9H2,1H3. The van der Waals surface area contributed by atoms with Crippen molar-refractivity contribution in [2.24, 2.45) is 5.92 Å². The molecule has 0 aromatic carbocycles. The maximum absolute atomic E-state index is 12.3. The number of esters is 1. The molecule has 6 nitrogen and oxygen atoms in total. The minimum Gasteiger partial charge on any atom is -0.505 e. The molecule has 1 aliphatic rings. The van der Waals surface area contributed by atoms with Gasteiger partial charge in [-0.2, -0.15) is 0 Å². The molecule has 6 heteroatoms. The smallest absolute Gasteiger partial charge is 0.310 e. The van der Waals surface area contributed by atoms with Gasteiger partial charge in [0, 0.05) is 19.3 Å². The van der Waals surface area contributed by atoms with Crippen molar-refractivity contribution in [3.05, 3.63) is 24.0 Å². The first-order valence-electron chi connectivity index (χ1n) is 6.72. The third kappa shape index (κ3) is 3.07. The maximum atomic E-state index is 12.3. The predicted octanol–water partition coefficient (Wildman–Crippen LogP) is 1.20. The van der Waals surface area contributed by atoms with Crippen LogP contribution in [0, 0.1) is 5.92 Å². The largest absolute Gasteiger partial charge is 0.505 e. The summed E-state index contributed by atoms with van der Waals surface area (Å²) in [7, 11) is 0. The molecule has 1 amide bonds. The normalized spacial score (nSPS) is 18.6. The SMILES string of the molecule is CCOC(=O)C1CCCN(C(=O)c2ccncc2O)C1. The van der Waals surface area contributed by atoms with Gasteiger partial charge in [-0.1, -0.05) is 0 Å². The number of carbonyl (C=O) groups is 2. The lowest BCUT2D eigenvalue weighted by Crippen LogP contribution is -2.42. The van der Waals surface area contributed by atoms with Crippen molar-refractivity contribution < 1.29 is 19.4 Å². The fourth-order valence-electron chi connectivity index (χ4n) is 2.35. The Balaban J connectivity index is 2.07. The summed E-state index contributed by atoms with van der Waals surface area (Å²) in [6.07, 6.45) is 4.17. The van der Waals surface area contributed by atoms with E-state index >= 15 is 0 Å². The van der Waals surface area contributed by atoms with Crippen LogP contribution in [0.5, 0.6) is 5.75 Å². The molecule has 1 fully saturated rings. The van der Waals surface area contributed by atoms with Crippen LogP contribution in [-0.4, -0.2) is 46.6 Å². The van der Waals surface area contributed by atoms with Gasteiger partial charge in [-0.25, -0.2) is 0 Å². The van der Waals surface area contributed by atoms with Crippen LogP contribution in [0.15, 0.2) is 18.5 Å². The van der Waals surface area contributed by atoms with E-state index in [0.717, 1.165) is 12.8 Å². The summed E-state index contributed by atoms with van der Waals surface area (Å²) < 4.78 is 5.00. The van der Waals surface area contributed by atoms with Gasteiger partial charge in [0.1, 0.15) is 5.75 Å². The molecule has 1 atom stereocenters. The van der Waals surface area contributed by atoms with E-state index in [-0.39, 0.29) is 29.1 Å². The zero-order valence-corrected chi connectivity index (χ0v) is 11.4. The minimum absolute atomic E-state index is 0.143. The molecule has 0 saturated carbocycles. The molecule has 0 bridgehead atoms. The molecule has 1 aromatic heterocycles. The van der Waals surface area contributed by atoms with Crippen molar-refractivity contribution in [1.82, 2.24) is 9.88 Å². The molecular weight excluding hydrogens is 260 g/mol. The number of amides is 1. The molecule has 0 radical (unpaired) electrons. The molecule has 1 N–H and O–H groups in total. The van der Waals surface area contributed by atoms with Crippen LogP contribution < -0.4 is 0 Å². The van der Waals surface area contributed by atoms with Gasteiger partial charge < -0.3 is 14.7 Å². The van der Waals surface area contributed by atoms with Gasteiger partial charge in [0.25, 0.3) is 5.91 Å². The third-order valence-electron chi connectivity index (χ3n) is 3.36. The Morgan fingerprint density at radius 2 is 2.35 bits per heavy atom. The predicted molar refractivity (Wildman–Crippen MR) is 71.2 cm³/mol. The Morgan fingerprint density at radius 1 is 1.55 bits per heavy atom. The Hall–Kier alpha value is -2.11. The lowest BCUT2D eigenvalue weighted by Gasteiger charge is -2.31. The monoisotopic (exact) mass is 278 g/mol. The van der Waals surface area contributed by atoms with Crippen molar-refractivity contribution >= 4 is 11.9 Å². The van der Waals surface area contributed by atoms with Crippen molar-refractivity contribution in [1.29, 1.82) is 0 Å². The Morgan fingerprint density at radius 3 is 3.05 bits per heavy atom. The van der Waals surface area contributed by atoms with E-state index in [2.05, 4.69) is 4.98 Å². The zero-order valence-electron chi connectivity index (χ0n) is 11.4. The number of likely N-dealkylation sites (tertiary alicyclic amines) is 1. The average molecular weight is 278 g/mol. The summed E-state index contributed by atoms with van der Waals surface area (Å²) in [5, 5.41) is 9.67. The number of piperidine rings is 1. The number of hydrogen-bond donors (Lipinski definition) is 1. The van der Waals surface area contributed by atoms with Crippen molar-refractivity contribution in [2.75, 3.05) is 19.7 Å². The van der Waals surface area contributed by atoms with Crippen LogP contribution >= 0.6 is 0 Å². The summed E-state index contributed by atoms with van der Waals surface area (Å²) in [5.41, 5.74) is 0.213. The Labute approximate surface area is 117 Å². The van der Waals surface area contributed by atoms with Crippen LogP contribution in [0.1, 0.15) is 30.1 Å². The number of carbonyl (C=O) groups excluding carboxylic acids is 2. The van der Waals surface area contributed by atoms with Gasteiger partial charge in [0.2, 0.25) is 0 Å². The number of hydrogen-bond acceptors (Lipinski definition) is 5. The molecule has 2 heterocycles. The van der Waals surface area contributed by atoms with Gasteiger partial charge in [-0.3, -0.25) is 14.6 Å². The van der Waals surface area contributed by atoms with Crippen molar-refractivity contribution in [3.63, 3.8) is 0 Å². The van der Waals surface area contributed by atoms with Gasteiger partial charge in [0.15, 0.2) is 0 Å². The first-order valence-corrected chi connectivity index (χ1v) is 6.72. The molecule has 20 heavy (non-hydrogen) atoms. The highest BCUT2D eigenvalue weighted by Crippen LogP contribution is 2.22. The number of aromatic nitrogens is 1. The number of pyridine rings is 1. The molecule has 108 valence electrons. The van der Waals surface area contributed by atoms with Crippen LogP contribution in [0.2, 0.25) is 0 Å². The molecule has 1 aromatic rings. The highest BCUT2D eigenvalue weighted by atomic mass is 16.5. The van der Waals surface area contributed by atoms with Gasteiger partial charge in [-0.05, 0) is 25.8 Å². The lowest BCUT2D eigenvalue weighted by molar-refractivity contribution is -0.149. The molecular formula is C14H18N2O4. The molecule has 0 aliphatic carbocycles. The highest BCUT2D eigenvalue weighted by Gasteiger charge is 2.30. The van der Waals surface area contributed by atoms with Gasteiger partial charge >= 0.3 is 5.97 Å². The minimum atomic E-state index is -0.281. The van der Waals surface area contributed by atoms with Crippen molar-refractivity contribution in [2.45, 2.75) is 19.8 Å². The maximum Gasteiger partial charge on any atom is 0.310 e. The topological polar surface area (TPSA) is 79.7 Å². The zero-order chi connectivity index (χ0) is 14.5. The molecule has 2 rings (SSSR count). The fourth-order valence-corrected chi connectivity index (χ4v) is 2.35. The number of rotatable bonds is 3. The molecule has 1 saturated heterocycles. The third-order valence-corrected chi connectivity index (χ3v) is 3.36. The summed E-state index contributed by atoms with van der Waals surface area (Å²) in [6.45, 7) is 3.02. The Bertz CT molecular complexity index is 504. The van der Waals surface area contributed by atoms with E-state index in [4.69, 9.17) is 4.74 Å². The van der Waals surface area contributed by atoms with E-state index in [1.165, 1.54) is 18.5 Å². The second-order valence-electron chi connectivity index (χ2n) is 4.74. The first-order chi connectivity index (χ1) is 9.63. The van der Waals surface area contributed by atoms with E-state index in [9.17, 15) is 14.7 Å². The molecule has 1 unspecified atom stereocenters. The second kappa shape index (κ2) is 6.36. The van der Waals surface area contributed by atoms with E-state index in [1.54, 1.807) is 11.8 Å². The quantitative estimate of drug-likeness (QED) is 0.840. The number of nitrogens with zero attached hydrogens (tertiary/aromatic N) is 2. The van der Waals surface area contributed by atoms with E-state index in [0.29, 0.717) is 19.7 Å². The van der Waals surface area contributed by atoms with E-state index < -0.39 is 0 Å². The van der Waals surface area contributed by atoms with E-state index in [1.807, 2.05) is 0 Å². The number of ether oxygens (including phenoxy) is 1. The van der Waals surface area contributed by atoms with Crippen LogP contribution in [0.3, 0.4) is 0 Å². The summed E-state index contributed by atoms with van der Waals surface area (Å²) in [4.78, 5) is 29.4. The van der Waals surface area contributed by atoms with Crippen molar-refractivity contribution in [3.8, 4) is 5.75 Å². The lowest BCUT2D eigenvalue weighted by atomic mass is 9.97. The first kappa shape index (κ1) is 14.3. The Kier molecular flexibility index (Phi) is 4.55. The van der Waals surface area contributed by atoms with Crippen LogP contribution in [0.25, 0.3) is 0 Å². The summed E-state index contributed by atoms with van der Waals surface area (Å²) in [6, 6.07) is 1.48. The molecule has 1 aliphatic heterocycles. The fraction of sp³-hybridized carbons (Fsp3) is 0.500. The van der Waals surface area contributed by atoms with Gasteiger partial charge in [0.05, 0.1) is 24.3 Å². The number of aromatic hydroxyl groups is 1. The van der Waals surface area contributed by atoms with Crippen LogP contribution in [0.4, 0.5) is 0 Å². The highest BCUT2D eigenvalue weighted by molar-refractivity contribution is 5.96.